The zero-order chi connectivity index (χ0) is 14.0. The molecule has 0 aromatic heterocycles. The Bertz CT molecular complexity index is 367. The van der Waals surface area contributed by atoms with Crippen molar-refractivity contribution in [2.45, 2.75) is 64.1 Å². The number of fused-ring (bicyclic) bond motifs is 1. The van der Waals surface area contributed by atoms with E-state index in [-0.39, 0.29) is 12.2 Å². The smallest absolute Gasteiger partial charge is 0.310 e. The van der Waals surface area contributed by atoms with Gasteiger partial charge < -0.3 is 14.9 Å². The lowest BCUT2D eigenvalue weighted by Crippen LogP contribution is -2.45. The molecule has 19 heavy (non-hydrogen) atoms. The summed E-state index contributed by atoms with van der Waals surface area (Å²) in [6.45, 7) is 2.05. The maximum Gasteiger partial charge on any atom is 0.310 e. The minimum atomic E-state index is -1.13. The van der Waals surface area contributed by atoms with Crippen LogP contribution in [0.3, 0.4) is 0 Å². The lowest BCUT2D eigenvalue weighted by molar-refractivity contribution is -0.165. The van der Waals surface area contributed by atoms with Crippen LogP contribution in [-0.4, -0.2) is 34.4 Å². The van der Waals surface area contributed by atoms with E-state index in [1.54, 1.807) is 0 Å². The van der Waals surface area contributed by atoms with Crippen molar-refractivity contribution in [2.24, 2.45) is 11.3 Å². The van der Waals surface area contributed by atoms with Gasteiger partial charge >= 0.3 is 11.9 Å². The van der Waals surface area contributed by atoms with Crippen LogP contribution in [0.2, 0.25) is 0 Å². The molecule has 1 heterocycles. The van der Waals surface area contributed by atoms with E-state index in [1.165, 1.54) is 0 Å². The molecular formula is C14H22O5. The van der Waals surface area contributed by atoms with Gasteiger partial charge in [0.1, 0.15) is 0 Å². The van der Waals surface area contributed by atoms with Crippen LogP contribution in [0.15, 0.2) is 0 Å². The topological polar surface area (TPSA) is 87.1 Å². The van der Waals surface area contributed by atoms with Crippen LogP contribution in [0.1, 0.15) is 51.9 Å². The third-order valence-electron chi connectivity index (χ3n) is 4.62. The molecule has 108 valence electrons. The van der Waals surface area contributed by atoms with Crippen molar-refractivity contribution >= 4 is 11.9 Å². The number of carboxylic acid groups (broad SMARTS) is 2. The van der Waals surface area contributed by atoms with Gasteiger partial charge in [-0.15, -0.1) is 0 Å². The Morgan fingerprint density at radius 3 is 2.58 bits per heavy atom. The molecule has 1 saturated heterocycles. The highest BCUT2D eigenvalue weighted by Crippen LogP contribution is 2.51. The maximum atomic E-state index is 11.7. The Morgan fingerprint density at radius 1 is 1.32 bits per heavy atom. The lowest BCUT2D eigenvalue weighted by atomic mass is 9.64. The summed E-state index contributed by atoms with van der Waals surface area (Å²) < 4.78 is 5.38. The number of hydrogen-bond donors (Lipinski definition) is 2. The average molecular weight is 270 g/mol. The summed E-state index contributed by atoms with van der Waals surface area (Å²) in [6, 6.07) is 0. The van der Waals surface area contributed by atoms with Crippen LogP contribution in [-0.2, 0) is 14.3 Å². The van der Waals surface area contributed by atoms with Gasteiger partial charge in [0, 0.05) is 0 Å². The highest BCUT2D eigenvalue weighted by Gasteiger charge is 2.58. The van der Waals surface area contributed by atoms with Crippen molar-refractivity contribution < 1.29 is 24.5 Å². The number of epoxide rings is 1. The van der Waals surface area contributed by atoms with E-state index >= 15 is 0 Å². The number of ether oxygens (including phenoxy) is 1. The Balaban J connectivity index is 2.13. The molecule has 0 spiro atoms. The first-order chi connectivity index (χ1) is 9.01. The molecule has 1 aliphatic heterocycles. The highest BCUT2D eigenvalue weighted by atomic mass is 16.6. The standard InChI is InChI=1S/C14H22O5/c1-2-3-4-5-9(12(15)16)14(13(17)18)7-6-10-11(8-14)19-10/h9-11H,2-8H2,1H3,(H,15,16)(H,17,18). The first-order valence-corrected chi connectivity index (χ1v) is 7.13. The number of unbranched alkanes of at least 4 members (excludes halogenated alkanes) is 2. The molecule has 5 nitrogen and oxygen atoms in total. The fourth-order valence-electron chi connectivity index (χ4n) is 3.37. The Morgan fingerprint density at radius 2 is 2.05 bits per heavy atom. The molecule has 5 heteroatoms. The molecule has 0 radical (unpaired) electrons. The molecule has 4 atom stereocenters. The molecule has 0 amide bonds. The van der Waals surface area contributed by atoms with Gasteiger partial charge in [0.15, 0.2) is 0 Å². The molecule has 2 fully saturated rings. The van der Waals surface area contributed by atoms with E-state index in [4.69, 9.17) is 4.74 Å². The van der Waals surface area contributed by atoms with Crippen molar-refractivity contribution in [3.63, 3.8) is 0 Å². The van der Waals surface area contributed by atoms with Gasteiger partial charge in [-0.05, 0) is 25.7 Å². The minimum Gasteiger partial charge on any atom is -0.481 e. The number of aliphatic carboxylic acids is 2. The molecule has 1 saturated carbocycles. The van der Waals surface area contributed by atoms with Gasteiger partial charge in [0.05, 0.1) is 23.5 Å². The summed E-state index contributed by atoms with van der Waals surface area (Å²) in [5.41, 5.74) is -1.13. The molecule has 4 unspecified atom stereocenters. The highest BCUT2D eigenvalue weighted by molar-refractivity contribution is 5.83. The van der Waals surface area contributed by atoms with Crippen LogP contribution in [0.4, 0.5) is 0 Å². The number of carboxylic acids is 2. The Kier molecular flexibility index (Phi) is 4.13. The van der Waals surface area contributed by atoms with E-state index < -0.39 is 23.3 Å². The Labute approximate surface area is 112 Å². The normalized spacial score (nSPS) is 34.4. The van der Waals surface area contributed by atoms with Gasteiger partial charge in [-0.1, -0.05) is 26.2 Å². The third kappa shape index (κ3) is 2.76. The van der Waals surface area contributed by atoms with E-state index in [0.717, 1.165) is 19.3 Å². The predicted molar refractivity (Wildman–Crippen MR) is 67.8 cm³/mol. The minimum absolute atomic E-state index is 0.0297. The summed E-state index contributed by atoms with van der Waals surface area (Å²) in [4.78, 5) is 23.2. The van der Waals surface area contributed by atoms with Crippen molar-refractivity contribution in [1.29, 1.82) is 0 Å². The van der Waals surface area contributed by atoms with E-state index in [1.807, 2.05) is 6.92 Å². The molecule has 0 bridgehead atoms. The molecule has 1 aliphatic carbocycles. The quantitative estimate of drug-likeness (QED) is 0.547. The van der Waals surface area contributed by atoms with Gasteiger partial charge in [0.25, 0.3) is 0 Å². The van der Waals surface area contributed by atoms with E-state index in [0.29, 0.717) is 25.7 Å². The molecule has 2 rings (SSSR count). The first-order valence-electron chi connectivity index (χ1n) is 7.13. The SMILES string of the molecule is CCCCCC(C(=O)O)C1(C(=O)O)CCC2OC2C1. The van der Waals surface area contributed by atoms with Crippen LogP contribution >= 0.6 is 0 Å². The fourth-order valence-corrected chi connectivity index (χ4v) is 3.37. The number of rotatable bonds is 7. The van der Waals surface area contributed by atoms with E-state index in [9.17, 15) is 19.8 Å². The van der Waals surface area contributed by atoms with E-state index in [2.05, 4.69) is 0 Å². The number of hydrogen-bond acceptors (Lipinski definition) is 3. The summed E-state index contributed by atoms with van der Waals surface area (Å²) in [5, 5.41) is 19.0. The van der Waals surface area contributed by atoms with Crippen molar-refractivity contribution in [3.05, 3.63) is 0 Å². The molecule has 2 N–H and O–H groups in total. The first kappa shape index (κ1) is 14.3. The molecular weight excluding hydrogens is 248 g/mol. The Hall–Kier alpha value is -1.10. The predicted octanol–water partition coefficient (Wildman–Crippen LogP) is 2.29. The second-order valence-corrected chi connectivity index (χ2v) is 5.80. The molecule has 2 aliphatic rings. The zero-order valence-electron chi connectivity index (χ0n) is 11.3. The van der Waals surface area contributed by atoms with Crippen molar-refractivity contribution in [3.8, 4) is 0 Å². The third-order valence-corrected chi connectivity index (χ3v) is 4.62. The summed E-state index contributed by atoms with van der Waals surface area (Å²) in [6.07, 6.45) is 4.78. The monoisotopic (exact) mass is 270 g/mol. The van der Waals surface area contributed by atoms with Crippen LogP contribution < -0.4 is 0 Å². The summed E-state index contributed by atoms with van der Waals surface area (Å²) in [5.74, 6) is -2.73. The second-order valence-electron chi connectivity index (χ2n) is 5.80. The van der Waals surface area contributed by atoms with Gasteiger partial charge in [-0.2, -0.15) is 0 Å². The van der Waals surface area contributed by atoms with Crippen molar-refractivity contribution in [1.82, 2.24) is 0 Å². The van der Waals surface area contributed by atoms with Gasteiger partial charge in [-0.25, -0.2) is 0 Å². The van der Waals surface area contributed by atoms with Crippen LogP contribution in [0.5, 0.6) is 0 Å². The average Bonchev–Trinajstić information content (AvgIpc) is 3.11. The van der Waals surface area contributed by atoms with Crippen LogP contribution in [0, 0.1) is 11.3 Å². The lowest BCUT2D eigenvalue weighted by Gasteiger charge is -2.36. The van der Waals surface area contributed by atoms with Gasteiger partial charge in [0.2, 0.25) is 0 Å². The zero-order valence-corrected chi connectivity index (χ0v) is 11.3. The maximum absolute atomic E-state index is 11.7. The van der Waals surface area contributed by atoms with Crippen molar-refractivity contribution in [2.75, 3.05) is 0 Å². The largest absolute Gasteiger partial charge is 0.481 e. The second kappa shape index (κ2) is 5.49. The number of carbonyl (C=O) groups is 2. The fraction of sp³-hybridized carbons (Fsp3) is 0.857. The summed E-state index contributed by atoms with van der Waals surface area (Å²) in [7, 11) is 0. The van der Waals surface area contributed by atoms with Gasteiger partial charge in [-0.3, -0.25) is 9.59 Å². The van der Waals surface area contributed by atoms with Crippen LogP contribution in [0.25, 0.3) is 0 Å². The molecule has 0 aromatic carbocycles. The molecule has 0 aromatic rings. The summed E-state index contributed by atoms with van der Waals surface area (Å²) >= 11 is 0.